The highest BCUT2D eigenvalue weighted by molar-refractivity contribution is 5.92. The molecule has 11 fully saturated rings. The molecule has 24 nitrogen and oxygen atoms in total. The molecule has 10 unspecified atom stereocenters. The van der Waals surface area contributed by atoms with E-state index in [1.165, 1.54) is 13.8 Å². The van der Waals surface area contributed by atoms with Crippen LogP contribution < -0.4 is 0 Å². The van der Waals surface area contributed by atoms with E-state index in [0.29, 0.717) is 108 Å². The van der Waals surface area contributed by atoms with E-state index in [1.807, 2.05) is 90.0 Å². The number of esters is 11. The van der Waals surface area contributed by atoms with Gasteiger partial charge in [0.05, 0.1) is 93.2 Å². The zero-order valence-corrected chi connectivity index (χ0v) is 69.9. The van der Waals surface area contributed by atoms with Crippen LogP contribution in [0.1, 0.15) is 291 Å². The highest BCUT2D eigenvalue weighted by atomic mass is 16.6. The van der Waals surface area contributed by atoms with E-state index in [1.54, 1.807) is 34.6 Å². The Kier molecular flexibility index (Phi) is 35.9. The van der Waals surface area contributed by atoms with Crippen LogP contribution in [0.25, 0.3) is 0 Å². The molecule has 11 saturated heterocycles. The van der Waals surface area contributed by atoms with Gasteiger partial charge in [-0.05, 0) is 152 Å². The standard InChI is InChI=1S/C9H14O3.C8H12O3.3C8H14O2.4C7H12O2.2C6H10O2/c1-6(10)9(4)5-8(2,3)7(11)12-9;1-5-7(10)11-4-8(5,3)6(2)9;1-7(2)5-6(9)10-8(7,3)4;1-6-4-7(9)10-5-8(6,2)3;1-6-7(9)10-5-4-8(6,2)3;1-5-7(2,3)4-6(8)9-5;1-5-4-6(8)9-7(5,2)3;1-7(2)3-4-9-6(8)5-7;1-7(2)4-3-5-9-6(7)8;1-4-3-6(7)8-5(4)2;1-5-2-3-8-6(7)4-5/h5H2,1-4H3;5H,4H2,1-3H3;5H2,1-4H3;2*6H,4-5H2,1-3H3;2*5H,4H2,1-3H3;2*3-5H2,1-2H3;4-5H,3H2,1-2H3;5H,2-4H2,1H3. The third kappa shape index (κ3) is 31.3. The van der Waals surface area contributed by atoms with Crippen LogP contribution in [-0.4, -0.2) is 146 Å². The van der Waals surface area contributed by atoms with Gasteiger partial charge in [-0.3, -0.25) is 62.3 Å². The molecule has 11 heterocycles. The molecule has 11 rings (SSSR count). The van der Waals surface area contributed by atoms with Crippen molar-refractivity contribution in [1.82, 2.24) is 0 Å². The SMILES string of the molecule is CC(=O)C1(C)CC(C)(C)C(=O)O1.CC(=O)C1(C)COC(=O)C1C.CC1(C)CC(=O)OC1(C)C.CC1(C)CCCOC1=O.CC1(C)CCOC(=O)C1.CC1C(=O)OCCC1(C)C.CC1CC(=O)OC1(C)C.CC1CC(=O)OC1C.CC1CC(=O)OCC1(C)C.CC1CCOC(=O)C1.CC1OC(=O)CC1(C)C. The van der Waals surface area contributed by atoms with Gasteiger partial charge in [-0.25, -0.2) is 0 Å². The highest BCUT2D eigenvalue weighted by Crippen LogP contribution is 2.44. The molecular formula is C81H136O24. The third-order valence-electron chi connectivity index (χ3n) is 23.0. The molecule has 0 aromatic heterocycles. The van der Waals surface area contributed by atoms with Crippen LogP contribution in [0.2, 0.25) is 0 Å². The molecule has 11 aliphatic rings. The molecule has 24 heteroatoms. The summed E-state index contributed by atoms with van der Waals surface area (Å²) in [6.45, 7) is 61.5. The van der Waals surface area contributed by atoms with E-state index < -0.39 is 16.4 Å². The van der Waals surface area contributed by atoms with Crippen LogP contribution in [0.5, 0.6) is 0 Å². The molecule has 0 aromatic carbocycles. The smallest absolute Gasteiger partial charge is 0.312 e. The molecule has 0 N–H and O–H groups in total. The minimum atomic E-state index is -0.888. The number of cyclic esters (lactones) is 11. The lowest BCUT2D eigenvalue weighted by molar-refractivity contribution is -0.160. The van der Waals surface area contributed by atoms with E-state index >= 15 is 0 Å². The predicted octanol–water partition coefficient (Wildman–Crippen LogP) is 14.3. The summed E-state index contributed by atoms with van der Waals surface area (Å²) in [5, 5.41) is 0. The van der Waals surface area contributed by atoms with E-state index in [9.17, 15) is 62.3 Å². The van der Waals surface area contributed by atoms with Gasteiger partial charge in [0, 0.05) is 47.3 Å². The van der Waals surface area contributed by atoms with E-state index in [4.69, 9.17) is 52.1 Å². The van der Waals surface area contributed by atoms with Crippen LogP contribution in [0.15, 0.2) is 0 Å². The fourth-order valence-electron chi connectivity index (χ4n) is 11.1. The summed E-state index contributed by atoms with van der Waals surface area (Å²) in [5.41, 5.74) is -2.20. The summed E-state index contributed by atoms with van der Waals surface area (Å²) in [6.07, 6.45) is 9.75. The third-order valence-corrected chi connectivity index (χ3v) is 23.0. The lowest BCUT2D eigenvalue weighted by Gasteiger charge is -2.34. The molecule has 10 atom stereocenters. The second kappa shape index (κ2) is 39.0. The average Bonchev–Trinajstić information content (AvgIpc) is 1.64. The summed E-state index contributed by atoms with van der Waals surface area (Å²) in [5.74, 6) is 0.464. The van der Waals surface area contributed by atoms with Gasteiger partial charge in [0.2, 0.25) is 0 Å². The molecule has 0 aromatic rings. The number of rotatable bonds is 2. The summed E-state index contributed by atoms with van der Waals surface area (Å²) in [7, 11) is 0. The summed E-state index contributed by atoms with van der Waals surface area (Å²) in [6, 6.07) is 0. The van der Waals surface area contributed by atoms with Crippen molar-refractivity contribution in [3.05, 3.63) is 0 Å². The Hall–Kier alpha value is -6.49. The lowest BCUT2D eigenvalue weighted by Crippen LogP contribution is -2.36. The van der Waals surface area contributed by atoms with Crippen LogP contribution in [0, 0.1) is 78.8 Å². The van der Waals surface area contributed by atoms with Crippen molar-refractivity contribution in [1.29, 1.82) is 0 Å². The number of carbonyl (C=O) groups is 13. The fourth-order valence-corrected chi connectivity index (χ4v) is 11.1. The number of hydrogen-bond acceptors (Lipinski definition) is 24. The van der Waals surface area contributed by atoms with Crippen molar-refractivity contribution in [2.75, 3.05) is 39.6 Å². The van der Waals surface area contributed by atoms with Gasteiger partial charge in [0.15, 0.2) is 11.4 Å². The second-order valence-electron chi connectivity index (χ2n) is 36.6. The number of carbonyl (C=O) groups excluding carboxylic acids is 13. The van der Waals surface area contributed by atoms with Crippen molar-refractivity contribution in [2.45, 2.75) is 320 Å². The van der Waals surface area contributed by atoms with Gasteiger partial charge < -0.3 is 52.1 Å². The molecule has 0 amide bonds. The molecule has 0 aliphatic carbocycles. The molecule has 0 radical (unpaired) electrons. The Balaban J connectivity index is 0.000000578. The first-order valence-corrected chi connectivity index (χ1v) is 37.5. The highest BCUT2D eigenvalue weighted by Gasteiger charge is 2.52. The van der Waals surface area contributed by atoms with Crippen molar-refractivity contribution in [3.8, 4) is 0 Å². The zero-order chi connectivity index (χ0) is 81.8. The molecular weight excluding hydrogens is 1360 g/mol. The Labute approximate surface area is 627 Å². The molecule has 604 valence electrons. The van der Waals surface area contributed by atoms with Crippen LogP contribution >= 0.6 is 0 Å². The van der Waals surface area contributed by atoms with E-state index in [-0.39, 0.29) is 152 Å². The first kappa shape index (κ1) is 96.5. The number of Topliss-reactive ketones (excluding diaryl/α,β-unsaturated/α-hetero) is 2. The molecule has 11 aliphatic heterocycles. The lowest BCUT2D eigenvalue weighted by atomic mass is 9.76. The predicted molar refractivity (Wildman–Crippen MR) is 393 cm³/mol. The minimum Gasteiger partial charge on any atom is -0.466 e. The van der Waals surface area contributed by atoms with Crippen LogP contribution in [0.4, 0.5) is 0 Å². The van der Waals surface area contributed by atoms with Crippen molar-refractivity contribution in [2.24, 2.45) is 78.8 Å². The average molecular weight is 1490 g/mol. The maximum atomic E-state index is 11.2. The van der Waals surface area contributed by atoms with Crippen LogP contribution in [0.3, 0.4) is 0 Å². The normalized spacial score (nSPS) is 31.4. The fraction of sp³-hybridized carbons (Fsp3) is 0.840. The minimum absolute atomic E-state index is 0.00984. The number of hydrogen-bond donors (Lipinski definition) is 0. The van der Waals surface area contributed by atoms with Gasteiger partial charge in [-0.15, -0.1) is 0 Å². The first-order valence-electron chi connectivity index (χ1n) is 37.5. The largest absolute Gasteiger partial charge is 0.466 e. The van der Waals surface area contributed by atoms with Crippen molar-refractivity contribution in [3.63, 3.8) is 0 Å². The van der Waals surface area contributed by atoms with Crippen molar-refractivity contribution < 1.29 is 114 Å². The van der Waals surface area contributed by atoms with Gasteiger partial charge in [-0.1, -0.05) is 111 Å². The maximum absolute atomic E-state index is 11.2. The summed E-state index contributed by atoms with van der Waals surface area (Å²) >= 11 is 0. The van der Waals surface area contributed by atoms with Gasteiger partial charge in [0.25, 0.3) is 0 Å². The monoisotopic (exact) mass is 1490 g/mol. The number of ketones is 2. The molecule has 0 spiro atoms. The Morgan fingerprint density at radius 1 is 0.400 bits per heavy atom. The Morgan fingerprint density at radius 2 is 0.943 bits per heavy atom. The van der Waals surface area contributed by atoms with E-state index in [0.717, 1.165) is 32.1 Å². The van der Waals surface area contributed by atoms with Gasteiger partial charge >= 0.3 is 65.7 Å². The summed E-state index contributed by atoms with van der Waals surface area (Å²) in [4.78, 5) is 141. The quantitative estimate of drug-likeness (QED) is 0.183. The second-order valence-corrected chi connectivity index (χ2v) is 36.6. The van der Waals surface area contributed by atoms with Gasteiger partial charge in [0.1, 0.15) is 35.8 Å². The zero-order valence-electron chi connectivity index (χ0n) is 69.9. The van der Waals surface area contributed by atoms with Crippen molar-refractivity contribution >= 4 is 77.2 Å². The number of ether oxygens (including phenoxy) is 11. The molecule has 0 bridgehead atoms. The molecule has 0 saturated carbocycles. The molecule has 105 heavy (non-hydrogen) atoms. The Bertz CT molecular complexity index is 2930. The van der Waals surface area contributed by atoms with Gasteiger partial charge in [-0.2, -0.15) is 0 Å². The first-order chi connectivity index (χ1) is 47.4. The van der Waals surface area contributed by atoms with Crippen LogP contribution in [-0.2, 0) is 114 Å². The van der Waals surface area contributed by atoms with E-state index in [2.05, 4.69) is 69.2 Å². The summed E-state index contributed by atoms with van der Waals surface area (Å²) < 4.78 is 53.9. The Morgan fingerprint density at radius 3 is 1.18 bits per heavy atom. The maximum Gasteiger partial charge on any atom is 0.312 e. The topological polar surface area (TPSA) is 323 Å².